The fourth-order valence-electron chi connectivity index (χ4n) is 3.51. The third-order valence-corrected chi connectivity index (χ3v) is 5.26. The van der Waals surface area contributed by atoms with Gasteiger partial charge >= 0.3 is 0 Å². The molecular formula is C21H19Cl2F2NO. The predicted molar refractivity (Wildman–Crippen MR) is 105 cm³/mol. The number of nitrogens with zero attached hydrogens (tertiary/aromatic N) is 1. The molecule has 142 valence electrons. The monoisotopic (exact) mass is 409 g/mol. The molecule has 1 heterocycles. The van der Waals surface area contributed by atoms with Gasteiger partial charge < -0.3 is 10.0 Å². The summed E-state index contributed by atoms with van der Waals surface area (Å²) in [7, 11) is 0. The highest BCUT2D eigenvalue weighted by molar-refractivity contribution is 6.39. The zero-order chi connectivity index (χ0) is 19.4. The summed E-state index contributed by atoms with van der Waals surface area (Å²) >= 11 is 12.9. The number of aliphatic hydroxyl groups is 1. The van der Waals surface area contributed by atoms with Crippen LogP contribution in [0.25, 0.3) is 0 Å². The van der Waals surface area contributed by atoms with Crippen LogP contribution in [0, 0.1) is 29.4 Å². The lowest BCUT2D eigenvalue weighted by molar-refractivity contribution is 0.350. The van der Waals surface area contributed by atoms with Gasteiger partial charge in [-0.05, 0) is 48.9 Å². The highest BCUT2D eigenvalue weighted by Gasteiger charge is 2.24. The van der Waals surface area contributed by atoms with E-state index in [9.17, 15) is 8.78 Å². The van der Waals surface area contributed by atoms with Crippen LogP contribution in [0.2, 0.25) is 10.0 Å². The second-order valence-corrected chi connectivity index (χ2v) is 7.46. The second-order valence-electron chi connectivity index (χ2n) is 6.64. The molecule has 0 radical (unpaired) electrons. The SMILES string of the molecule is OCC#Cc1cc(Cl)c(N2CCCC(Cc3ccc(F)cc3F)C2)c(Cl)c1. The van der Waals surface area contributed by atoms with E-state index in [0.29, 0.717) is 34.1 Å². The molecule has 1 unspecified atom stereocenters. The first-order valence-corrected chi connectivity index (χ1v) is 9.51. The number of aliphatic hydroxyl groups excluding tert-OH is 1. The summed E-state index contributed by atoms with van der Waals surface area (Å²) in [6.45, 7) is 1.27. The van der Waals surface area contributed by atoms with Gasteiger partial charge in [-0.25, -0.2) is 8.78 Å². The second kappa shape index (κ2) is 8.93. The minimum Gasteiger partial charge on any atom is -0.384 e. The first kappa shape index (κ1) is 19.9. The highest BCUT2D eigenvalue weighted by atomic mass is 35.5. The van der Waals surface area contributed by atoms with Gasteiger partial charge in [-0.2, -0.15) is 0 Å². The summed E-state index contributed by atoms with van der Waals surface area (Å²) in [6.07, 6.45) is 2.44. The van der Waals surface area contributed by atoms with Gasteiger partial charge in [0.15, 0.2) is 0 Å². The van der Waals surface area contributed by atoms with E-state index in [4.69, 9.17) is 28.3 Å². The Morgan fingerprint density at radius 1 is 1.15 bits per heavy atom. The van der Waals surface area contributed by atoms with Crippen LogP contribution in [-0.2, 0) is 6.42 Å². The number of anilines is 1. The van der Waals surface area contributed by atoms with Gasteiger partial charge in [0.2, 0.25) is 0 Å². The first-order valence-electron chi connectivity index (χ1n) is 8.75. The molecule has 1 saturated heterocycles. The number of hydrogen-bond donors (Lipinski definition) is 1. The number of halogens is 4. The van der Waals surface area contributed by atoms with E-state index >= 15 is 0 Å². The van der Waals surface area contributed by atoms with Crippen molar-refractivity contribution >= 4 is 28.9 Å². The Morgan fingerprint density at radius 3 is 2.56 bits per heavy atom. The van der Waals surface area contributed by atoms with Crippen LogP contribution in [0.4, 0.5) is 14.5 Å². The van der Waals surface area contributed by atoms with E-state index in [-0.39, 0.29) is 12.5 Å². The van der Waals surface area contributed by atoms with E-state index in [1.54, 1.807) is 12.1 Å². The van der Waals surface area contributed by atoms with E-state index in [2.05, 4.69) is 16.7 Å². The Balaban J connectivity index is 1.78. The van der Waals surface area contributed by atoms with Gasteiger partial charge in [0.25, 0.3) is 0 Å². The zero-order valence-corrected chi connectivity index (χ0v) is 16.1. The Kier molecular flexibility index (Phi) is 6.59. The quantitative estimate of drug-likeness (QED) is 0.714. The van der Waals surface area contributed by atoms with Crippen molar-refractivity contribution in [1.29, 1.82) is 0 Å². The van der Waals surface area contributed by atoms with Gasteiger partial charge in [-0.3, -0.25) is 0 Å². The standard InChI is InChI=1S/C21H19Cl2F2NO/c22-18-10-14(4-2-8-27)11-19(23)21(18)26-7-1-3-15(13-26)9-16-5-6-17(24)12-20(16)25/h5-6,10-12,15,27H,1,3,7-9,13H2. The predicted octanol–water partition coefficient (Wildman–Crippen LogP) is 5.07. The van der Waals surface area contributed by atoms with Crippen molar-refractivity contribution in [2.45, 2.75) is 19.3 Å². The number of piperidine rings is 1. The van der Waals surface area contributed by atoms with Crippen LogP contribution in [0.3, 0.4) is 0 Å². The highest BCUT2D eigenvalue weighted by Crippen LogP contribution is 2.37. The van der Waals surface area contributed by atoms with Crippen molar-refractivity contribution in [2.24, 2.45) is 5.92 Å². The van der Waals surface area contributed by atoms with Crippen molar-refractivity contribution in [3.05, 3.63) is 63.1 Å². The minimum atomic E-state index is -0.565. The van der Waals surface area contributed by atoms with Gasteiger partial charge in [0, 0.05) is 24.7 Å². The molecule has 0 bridgehead atoms. The molecule has 1 N–H and O–H groups in total. The third kappa shape index (κ3) is 4.93. The van der Waals surface area contributed by atoms with E-state index in [1.807, 2.05) is 0 Å². The average molecular weight is 410 g/mol. The Morgan fingerprint density at radius 2 is 1.89 bits per heavy atom. The molecule has 3 rings (SSSR count). The minimum absolute atomic E-state index is 0.222. The normalized spacial score (nSPS) is 16.8. The summed E-state index contributed by atoms with van der Waals surface area (Å²) in [5.41, 5.74) is 1.91. The van der Waals surface area contributed by atoms with Gasteiger partial charge in [0.1, 0.15) is 18.2 Å². The van der Waals surface area contributed by atoms with Gasteiger partial charge in [-0.15, -0.1) is 0 Å². The molecule has 0 aliphatic carbocycles. The van der Waals surface area contributed by atoms with Crippen molar-refractivity contribution in [1.82, 2.24) is 0 Å². The van der Waals surface area contributed by atoms with Crippen molar-refractivity contribution < 1.29 is 13.9 Å². The number of rotatable bonds is 3. The molecule has 1 aliphatic rings. The topological polar surface area (TPSA) is 23.5 Å². The molecular weight excluding hydrogens is 391 g/mol. The molecule has 1 atom stereocenters. The summed E-state index contributed by atoms with van der Waals surface area (Å²) in [4.78, 5) is 2.11. The lowest BCUT2D eigenvalue weighted by Crippen LogP contribution is -2.36. The first-order chi connectivity index (χ1) is 13.0. The van der Waals surface area contributed by atoms with Crippen LogP contribution in [0.15, 0.2) is 30.3 Å². The Labute approximate surface area is 167 Å². The van der Waals surface area contributed by atoms with E-state index in [0.717, 1.165) is 31.1 Å². The van der Waals surface area contributed by atoms with Crippen LogP contribution in [0.5, 0.6) is 0 Å². The van der Waals surface area contributed by atoms with Gasteiger partial charge in [0.05, 0.1) is 15.7 Å². The Hall–Kier alpha value is -1.80. The molecule has 2 aromatic rings. The van der Waals surface area contributed by atoms with Crippen molar-refractivity contribution in [2.75, 3.05) is 24.6 Å². The summed E-state index contributed by atoms with van der Waals surface area (Å²) < 4.78 is 27.1. The number of hydrogen-bond acceptors (Lipinski definition) is 2. The molecule has 0 aromatic heterocycles. The summed E-state index contributed by atoms with van der Waals surface area (Å²) in [5.74, 6) is 4.52. The fraction of sp³-hybridized carbons (Fsp3) is 0.333. The molecule has 1 fully saturated rings. The Bertz CT molecular complexity index is 868. The molecule has 27 heavy (non-hydrogen) atoms. The summed E-state index contributed by atoms with van der Waals surface area (Å²) in [5, 5.41) is 9.81. The molecule has 2 aromatic carbocycles. The van der Waals surface area contributed by atoms with Crippen LogP contribution in [0.1, 0.15) is 24.0 Å². The maximum atomic E-state index is 14.0. The van der Waals surface area contributed by atoms with Crippen molar-refractivity contribution in [3.8, 4) is 11.8 Å². The molecule has 6 heteroatoms. The largest absolute Gasteiger partial charge is 0.384 e. The maximum absolute atomic E-state index is 14.0. The van der Waals surface area contributed by atoms with E-state index in [1.165, 1.54) is 12.1 Å². The molecule has 0 amide bonds. The number of benzene rings is 2. The molecule has 2 nitrogen and oxygen atoms in total. The van der Waals surface area contributed by atoms with Crippen LogP contribution >= 0.6 is 23.2 Å². The molecule has 0 saturated carbocycles. The fourth-order valence-corrected chi connectivity index (χ4v) is 4.24. The smallest absolute Gasteiger partial charge is 0.129 e. The maximum Gasteiger partial charge on any atom is 0.129 e. The van der Waals surface area contributed by atoms with Gasteiger partial charge in [-0.1, -0.05) is 41.1 Å². The van der Waals surface area contributed by atoms with E-state index < -0.39 is 11.6 Å². The molecule has 0 spiro atoms. The van der Waals surface area contributed by atoms with Crippen LogP contribution in [-0.4, -0.2) is 24.8 Å². The summed E-state index contributed by atoms with van der Waals surface area (Å²) in [6, 6.07) is 7.19. The average Bonchev–Trinajstić information content (AvgIpc) is 2.62. The zero-order valence-electron chi connectivity index (χ0n) is 14.6. The lowest BCUT2D eigenvalue weighted by Gasteiger charge is -2.35. The van der Waals surface area contributed by atoms with Crippen molar-refractivity contribution in [3.63, 3.8) is 0 Å². The van der Waals surface area contributed by atoms with Crippen LogP contribution < -0.4 is 4.90 Å². The third-order valence-electron chi connectivity index (χ3n) is 4.69. The lowest BCUT2D eigenvalue weighted by atomic mass is 9.90. The molecule has 1 aliphatic heterocycles.